The monoisotopic (exact) mass is 313 g/mol. The molecule has 0 amide bonds. The molecular formula is C14H17Cl2N3O. The van der Waals surface area contributed by atoms with E-state index in [1.807, 2.05) is 6.07 Å². The third kappa shape index (κ3) is 2.52. The van der Waals surface area contributed by atoms with E-state index in [0.717, 1.165) is 43.0 Å². The lowest BCUT2D eigenvalue weighted by Gasteiger charge is -2.29. The van der Waals surface area contributed by atoms with E-state index in [0.29, 0.717) is 22.9 Å². The number of hydrogen-bond donors (Lipinski definition) is 0. The number of ether oxygens (including phenoxy) is 1. The van der Waals surface area contributed by atoms with Gasteiger partial charge in [0.25, 0.3) is 0 Å². The molecule has 0 saturated carbocycles. The second kappa shape index (κ2) is 5.88. The van der Waals surface area contributed by atoms with Crippen molar-refractivity contribution in [3.8, 4) is 0 Å². The van der Waals surface area contributed by atoms with Crippen LogP contribution >= 0.6 is 23.2 Å². The molecule has 1 atom stereocenters. The molecule has 20 heavy (non-hydrogen) atoms. The molecule has 0 aromatic carbocycles. The lowest BCUT2D eigenvalue weighted by atomic mass is 9.92. The van der Waals surface area contributed by atoms with Crippen molar-refractivity contribution >= 4 is 34.4 Å². The summed E-state index contributed by atoms with van der Waals surface area (Å²) >= 11 is 12.0. The molecule has 3 rings (SSSR count). The number of rotatable bonds is 3. The van der Waals surface area contributed by atoms with E-state index >= 15 is 0 Å². The summed E-state index contributed by atoms with van der Waals surface area (Å²) in [6.45, 7) is 3.87. The van der Waals surface area contributed by atoms with Gasteiger partial charge in [0.2, 0.25) is 0 Å². The normalized spacial score (nSPS) is 18.6. The van der Waals surface area contributed by atoms with Gasteiger partial charge in [-0.2, -0.15) is 0 Å². The Morgan fingerprint density at radius 2 is 2.20 bits per heavy atom. The number of nitrogens with zero attached hydrogens (tertiary/aromatic N) is 3. The number of fused-ring (bicyclic) bond motifs is 1. The first-order valence-corrected chi connectivity index (χ1v) is 7.78. The Morgan fingerprint density at radius 1 is 1.45 bits per heavy atom. The van der Waals surface area contributed by atoms with Crippen molar-refractivity contribution in [1.29, 1.82) is 0 Å². The molecule has 1 aliphatic rings. The third-order valence-corrected chi connectivity index (χ3v) is 4.49. The Hall–Kier alpha value is -0.840. The average Bonchev–Trinajstić information content (AvgIpc) is 2.84. The van der Waals surface area contributed by atoms with Gasteiger partial charge in [-0.25, -0.2) is 9.97 Å². The topological polar surface area (TPSA) is 39.9 Å². The average molecular weight is 314 g/mol. The summed E-state index contributed by atoms with van der Waals surface area (Å²) in [5, 5.41) is 0.599. The van der Waals surface area contributed by atoms with Crippen LogP contribution in [0.25, 0.3) is 11.2 Å². The Balaban J connectivity index is 2.04. The first-order valence-electron chi connectivity index (χ1n) is 6.86. The van der Waals surface area contributed by atoms with Gasteiger partial charge in [-0.1, -0.05) is 11.6 Å². The Labute approximate surface area is 128 Å². The van der Waals surface area contributed by atoms with Crippen molar-refractivity contribution in [1.82, 2.24) is 14.5 Å². The Morgan fingerprint density at radius 3 is 2.90 bits per heavy atom. The summed E-state index contributed by atoms with van der Waals surface area (Å²) in [4.78, 5) is 9.00. The van der Waals surface area contributed by atoms with Gasteiger partial charge in [0.05, 0.1) is 10.9 Å². The van der Waals surface area contributed by atoms with Gasteiger partial charge in [-0.15, -0.1) is 11.6 Å². The van der Waals surface area contributed by atoms with Crippen molar-refractivity contribution in [2.45, 2.75) is 31.7 Å². The summed E-state index contributed by atoms with van der Waals surface area (Å²) in [7, 11) is 0. The number of imidazole rings is 1. The van der Waals surface area contributed by atoms with Gasteiger partial charge in [0.15, 0.2) is 5.65 Å². The molecule has 0 bridgehead atoms. The molecule has 0 radical (unpaired) electrons. The molecule has 2 aromatic rings. The predicted molar refractivity (Wildman–Crippen MR) is 80.3 cm³/mol. The minimum absolute atomic E-state index is 0.311. The van der Waals surface area contributed by atoms with Gasteiger partial charge in [0.1, 0.15) is 11.3 Å². The van der Waals surface area contributed by atoms with E-state index in [1.54, 1.807) is 6.20 Å². The second-order valence-electron chi connectivity index (χ2n) is 5.22. The van der Waals surface area contributed by atoms with Crippen molar-refractivity contribution in [2.75, 3.05) is 13.2 Å². The smallest absolute Gasteiger partial charge is 0.160 e. The fourth-order valence-electron chi connectivity index (χ4n) is 2.94. The molecule has 2 aromatic heterocycles. The maximum Gasteiger partial charge on any atom is 0.160 e. The first-order chi connectivity index (χ1) is 9.70. The van der Waals surface area contributed by atoms with Crippen LogP contribution in [0.1, 0.15) is 31.6 Å². The van der Waals surface area contributed by atoms with Crippen molar-refractivity contribution in [3.63, 3.8) is 0 Å². The van der Waals surface area contributed by atoms with Gasteiger partial charge in [-0.3, -0.25) is 0 Å². The van der Waals surface area contributed by atoms with Crippen LogP contribution in [0, 0.1) is 5.92 Å². The zero-order valence-corrected chi connectivity index (χ0v) is 12.9. The summed E-state index contributed by atoms with van der Waals surface area (Å²) in [6.07, 6.45) is 3.79. The van der Waals surface area contributed by atoms with Gasteiger partial charge < -0.3 is 9.30 Å². The van der Waals surface area contributed by atoms with Gasteiger partial charge >= 0.3 is 0 Å². The van der Waals surface area contributed by atoms with Gasteiger partial charge in [0, 0.05) is 25.5 Å². The second-order valence-corrected chi connectivity index (χ2v) is 5.92. The molecule has 0 N–H and O–H groups in total. The molecule has 0 aliphatic carbocycles. The van der Waals surface area contributed by atoms with Crippen LogP contribution < -0.4 is 0 Å². The highest BCUT2D eigenvalue weighted by atomic mass is 35.5. The minimum Gasteiger partial charge on any atom is -0.381 e. The Kier molecular flexibility index (Phi) is 4.15. The van der Waals surface area contributed by atoms with Crippen LogP contribution in [0.4, 0.5) is 0 Å². The van der Waals surface area contributed by atoms with E-state index in [4.69, 9.17) is 27.9 Å². The molecular weight excluding hydrogens is 297 g/mol. The van der Waals surface area contributed by atoms with Crippen LogP contribution in [-0.4, -0.2) is 27.7 Å². The summed E-state index contributed by atoms with van der Waals surface area (Å²) < 4.78 is 7.60. The third-order valence-electron chi connectivity index (χ3n) is 4.04. The van der Waals surface area contributed by atoms with Crippen LogP contribution in [-0.2, 0) is 10.6 Å². The molecule has 1 fully saturated rings. The zero-order valence-electron chi connectivity index (χ0n) is 11.4. The quantitative estimate of drug-likeness (QED) is 0.809. The maximum absolute atomic E-state index is 6.06. The standard InChI is InChI=1S/C14H17Cl2N3O/c1-9(10-2-4-20-5-3-10)19-13(7-15)18-12-6-11(16)8-17-14(12)19/h6,8-10H,2-5,7H2,1H3. The van der Waals surface area contributed by atoms with E-state index in [1.165, 1.54) is 0 Å². The highest BCUT2D eigenvalue weighted by molar-refractivity contribution is 6.31. The molecule has 0 spiro atoms. The Bertz CT molecular complexity index is 608. The molecule has 6 heteroatoms. The molecule has 1 saturated heterocycles. The van der Waals surface area contributed by atoms with E-state index in [-0.39, 0.29) is 0 Å². The number of halogens is 2. The number of aromatic nitrogens is 3. The van der Waals surface area contributed by atoms with Crippen LogP contribution in [0.3, 0.4) is 0 Å². The minimum atomic E-state index is 0.311. The van der Waals surface area contributed by atoms with Crippen LogP contribution in [0.15, 0.2) is 12.3 Å². The zero-order chi connectivity index (χ0) is 14.1. The molecule has 1 aliphatic heterocycles. The van der Waals surface area contributed by atoms with E-state index in [2.05, 4.69) is 21.5 Å². The van der Waals surface area contributed by atoms with E-state index < -0.39 is 0 Å². The van der Waals surface area contributed by atoms with Crippen molar-refractivity contribution in [2.24, 2.45) is 5.92 Å². The summed E-state index contributed by atoms with van der Waals surface area (Å²) in [6, 6.07) is 2.15. The highest BCUT2D eigenvalue weighted by Crippen LogP contribution is 2.32. The van der Waals surface area contributed by atoms with Crippen LogP contribution in [0.2, 0.25) is 5.02 Å². The van der Waals surface area contributed by atoms with Crippen molar-refractivity contribution in [3.05, 3.63) is 23.1 Å². The lowest BCUT2D eigenvalue weighted by molar-refractivity contribution is 0.0515. The van der Waals surface area contributed by atoms with Crippen molar-refractivity contribution < 1.29 is 4.74 Å². The fraction of sp³-hybridized carbons (Fsp3) is 0.571. The molecule has 108 valence electrons. The molecule has 1 unspecified atom stereocenters. The van der Waals surface area contributed by atoms with Gasteiger partial charge in [-0.05, 0) is 31.7 Å². The lowest BCUT2D eigenvalue weighted by Crippen LogP contribution is -2.25. The molecule has 3 heterocycles. The summed E-state index contributed by atoms with van der Waals surface area (Å²) in [5.41, 5.74) is 1.68. The SMILES string of the molecule is CC(C1CCOCC1)n1c(CCl)nc2cc(Cl)cnc21. The first kappa shape index (κ1) is 14.1. The largest absolute Gasteiger partial charge is 0.381 e. The fourth-order valence-corrected chi connectivity index (χ4v) is 3.28. The number of hydrogen-bond acceptors (Lipinski definition) is 3. The predicted octanol–water partition coefficient (Wildman–Crippen LogP) is 3.81. The van der Waals surface area contributed by atoms with E-state index in [9.17, 15) is 0 Å². The highest BCUT2D eigenvalue weighted by Gasteiger charge is 2.25. The van der Waals surface area contributed by atoms with Crippen LogP contribution in [0.5, 0.6) is 0 Å². The summed E-state index contributed by atoms with van der Waals surface area (Å²) in [5.74, 6) is 1.80. The maximum atomic E-state index is 6.06. The number of pyridine rings is 1. The number of alkyl halides is 1. The molecule has 4 nitrogen and oxygen atoms in total.